The highest BCUT2D eigenvalue weighted by atomic mass is 32.1. The maximum absolute atomic E-state index is 12.6. The maximum atomic E-state index is 12.6. The van der Waals surface area contributed by atoms with Crippen LogP contribution >= 0.6 is 22.7 Å². The number of carbonyl (C=O) groups is 2. The van der Waals surface area contributed by atoms with Crippen molar-refractivity contribution in [1.29, 1.82) is 0 Å². The van der Waals surface area contributed by atoms with E-state index in [9.17, 15) is 9.59 Å². The molecule has 0 radical (unpaired) electrons. The molecule has 144 valence electrons. The van der Waals surface area contributed by atoms with Crippen molar-refractivity contribution in [1.82, 2.24) is 9.88 Å². The predicted octanol–water partition coefficient (Wildman–Crippen LogP) is 4.14. The highest BCUT2D eigenvalue weighted by Gasteiger charge is 2.35. The quantitative estimate of drug-likeness (QED) is 0.703. The number of esters is 1. The summed E-state index contributed by atoms with van der Waals surface area (Å²) < 4.78 is 5.28. The molecule has 2 aromatic rings. The molecule has 2 aromatic heterocycles. The molecule has 0 aromatic carbocycles. The fourth-order valence-electron chi connectivity index (χ4n) is 4.27. The summed E-state index contributed by atoms with van der Waals surface area (Å²) in [5.74, 6) is 0.206. The van der Waals surface area contributed by atoms with Crippen molar-refractivity contribution < 1.29 is 14.3 Å². The van der Waals surface area contributed by atoms with E-state index in [1.807, 2.05) is 27.1 Å². The van der Waals surface area contributed by atoms with Gasteiger partial charge in [-0.15, -0.1) is 11.3 Å². The number of ether oxygens (including phenoxy) is 1. The minimum Gasteiger partial charge on any atom is -0.455 e. The number of thiazole rings is 1. The lowest BCUT2D eigenvalue weighted by Crippen LogP contribution is -2.50. The van der Waals surface area contributed by atoms with E-state index in [1.165, 1.54) is 37.0 Å². The number of amides is 1. The molecule has 2 fully saturated rings. The maximum Gasteiger partial charge on any atom is 0.312 e. The monoisotopic (exact) mass is 404 g/mol. The summed E-state index contributed by atoms with van der Waals surface area (Å²) >= 11 is 3.14. The fourth-order valence-corrected chi connectivity index (χ4v) is 5.80. The van der Waals surface area contributed by atoms with E-state index in [1.54, 1.807) is 11.3 Å². The van der Waals surface area contributed by atoms with Crippen molar-refractivity contribution in [3.8, 4) is 10.6 Å². The number of hydrogen-bond acceptors (Lipinski definition) is 6. The molecule has 1 saturated heterocycles. The second kappa shape index (κ2) is 8.52. The van der Waals surface area contributed by atoms with Crippen LogP contribution in [0.1, 0.15) is 44.2 Å². The highest BCUT2D eigenvalue weighted by molar-refractivity contribution is 7.14. The summed E-state index contributed by atoms with van der Waals surface area (Å²) in [5.41, 5.74) is 1.77. The van der Waals surface area contributed by atoms with Gasteiger partial charge in [-0.2, -0.15) is 11.3 Å². The van der Waals surface area contributed by atoms with Crippen LogP contribution in [0.3, 0.4) is 0 Å². The van der Waals surface area contributed by atoms with E-state index in [0.29, 0.717) is 17.7 Å². The first-order valence-corrected chi connectivity index (χ1v) is 11.4. The SMILES string of the molecule is O=C(Cc1csc(-c2ccsc2)n1)OCC(=O)N1CCC[C@@H]2CCCC[C@@H]21. The number of fused-ring (bicyclic) bond motifs is 1. The molecule has 5 nitrogen and oxygen atoms in total. The summed E-state index contributed by atoms with van der Waals surface area (Å²) in [5, 5.41) is 6.84. The predicted molar refractivity (Wildman–Crippen MR) is 107 cm³/mol. The summed E-state index contributed by atoms with van der Waals surface area (Å²) in [6.45, 7) is 0.650. The van der Waals surface area contributed by atoms with Gasteiger partial charge in [-0.25, -0.2) is 4.98 Å². The Morgan fingerprint density at radius 1 is 1.19 bits per heavy atom. The molecule has 0 bridgehead atoms. The van der Waals surface area contributed by atoms with Crippen LogP contribution in [-0.2, 0) is 20.7 Å². The standard InChI is InChI=1S/C20H24N2O3S2/c23-18(22-8-3-5-14-4-1-2-6-17(14)22)11-25-19(24)10-16-13-27-20(21-16)15-7-9-26-12-15/h7,9,12-14,17H,1-6,8,10-11H2/t14-,17-/m0/s1. The smallest absolute Gasteiger partial charge is 0.312 e. The van der Waals surface area contributed by atoms with Gasteiger partial charge in [-0.05, 0) is 43.0 Å². The zero-order valence-electron chi connectivity index (χ0n) is 15.3. The Hall–Kier alpha value is -1.73. The lowest BCUT2D eigenvalue weighted by molar-refractivity contribution is -0.154. The number of piperidine rings is 1. The lowest BCUT2D eigenvalue weighted by Gasteiger charge is -2.44. The van der Waals surface area contributed by atoms with Crippen molar-refractivity contribution in [3.63, 3.8) is 0 Å². The second-order valence-electron chi connectivity index (χ2n) is 7.33. The summed E-state index contributed by atoms with van der Waals surface area (Å²) in [7, 11) is 0. The molecular weight excluding hydrogens is 380 g/mol. The minimum atomic E-state index is -0.386. The molecule has 3 heterocycles. The molecule has 27 heavy (non-hydrogen) atoms. The van der Waals surface area contributed by atoms with Crippen LogP contribution in [0.25, 0.3) is 10.6 Å². The molecule has 0 unspecified atom stereocenters. The van der Waals surface area contributed by atoms with Crippen LogP contribution in [0.15, 0.2) is 22.2 Å². The largest absolute Gasteiger partial charge is 0.455 e. The number of aromatic nitrogens is 1. The number of rotatable bonds is 5. The van der Waals surface area contributed by atoms with Crippen LogP contribution in [0.2, 0.25) is 0 Å². The van der Waals surface area contributed by atoms with Crippen LogP contribution in [0, 0.1) is 5.92 Å². The van der Waals surface area contributed by atoms with Crippen LogP contribution in [0.4, 0.5) is 0 Å². The van der Waals surface area contributed by atoms with Crippen molar-refractivity contribution >= 4 is 34.6 Å². The molecule has 2 atom stereocenters. The molecule has 1 amide bonds. The van der Waals surface area contributed by atoms with E-state index in [2.05, 4.69) is 4.98 Å². The van der Waals surface area contributed by atoms with E-state index >= 15 is 0 Å². The molecule has 2 aliphatic rings. The van der Waals surface area contributed by atoms with Crippen molar-refractivity contribution in [2.24, 2.45) is 5.92 Å². The van der Waals surface area contributed by atoms with E-state index in [0.717, 1.165) is 30.0 Å². The lowest BCUT2D eigenvalue weighted by atomic mass is 9.78. The third-order valence-electron chi connectivity index (χ3n) is 5.57. The van der Waals surface area contributed by atoms with Gasteiger partial charge in [0.1, 0.15) is 5.01 Å². The molecule has 1 saturated carbocycles. The van der Waals surface area contributed by atoms with Gasteiger partial charge in [0, 0.05) is 28.9 Å². The van der Waals surface area contributed by atoms with Gasteiger partial charge in [0.15, 0.2) is 6.61 Å². The minimum absolute atomic E-state index is 0.0443. The molecule has 1 aliphatic heterocycles. The second-order valence-corrected chi connectivity index (χ2v) is 8.97. The van der Waals surface area contributed by atoms with Crippen LogP contribution in [-0.4, -0.2) is 41.0 Å². The fraction of sp³-hybridized carbons (Fsp3) is 0.550. The van der Waals surface area contributed by atoms with Gasteiger partial charge in [0.05, 0.1) is 12.1 Å². The first kappa shape index (κ1) is 18.6. The van der Waals surface area contributed by atoms with Gasteiger partial charge in [-0.1, -0.05) is 12.8 Å². The highest BCUT2D eigenvalue weighted by Crippen LogP contribution is 2.35. The molecule has 4 rings (SSSR count). The van der Waals surface area contributed by atoms with Gasteiger partial charge in [0.2, 0.25) is 0 Å². The number of thiophene rings is 1. The summed E-state index contributed by atoms with van der Waals surface area (Å²) in [6, 6.07) is 2.37. The molecular formula is C20H24N2O3S2. The van der Waals surface area contributed by atoms with E-state index < -0.39 is 0 Å². The van der Waals surface area contributed by atoms with Gasteiger partial charge in [0.25, 0.3) is 5.91 Å². The zero-order chi connectivity index (χ0) is 18.6. The Balaban J connectivity index is 1.28. The zero-order valence-corrected chi connectivity index (χ0v) is 16.9. The van der Waals surface area contributed by atoms with Crippen LogP contribution < -0.4 is 0 Å². The Morgan fingerprint density at radius 3 is 2.89 bits per heavy atom. The van der Waals surface area contributed by atoms with Crippen molar-refractivity contribution in [2.45, 2.75) is 51.0 Å². The first-order chi connectivity index (χ1) is 13.2. The average molecular weight is 405 g/mol. The van der Waals surface area contributed by atoms with Gasteiger partial charge < -0.3 is 9.64 Å². The third kappa shape index (κ3) is 4.41. The topological polar surface area (TPSA) is 59.5 Å². The molecule has 7 heteroatoms. The Morgan fingerprint density at radius 2 is 2.04 bits per heavy atom. The molecule has 1 aliphatic carbocycles. The van der Waals surface area contributed by atoms with Crippen molar-refractivity contribution in [3.05, 3.63) is 27.9 Å². The average Bonchev–Trinajstić information content (AvgIpc) is 3.37. The number of hydrogen-bond donors (Lipinski definition) is 0. The van der Waals surface area contributed by atoms with Crippen LogP contribution in [0.5, 0.6) is 0 Å². The third-order valence-corrected chi connectivity index (χ3v) is 7.19. The summed E-state index contributed by atoms with van der Waals surface area (Å²) in [4.78, 5) is 31.2. The number of likely N-dealkylation sites (tertiary alicyclic amines) is 1. The van der Waals surface area contributed by atoms with Gasteiger partial charge >= 0.3 is 5.97 Å². The first-order valence-electron chi connectivity index (χ1n) is 9.63. The molecule has 0 N–H and O–H groups in total. The number of nitrogens with zero attached hydrogens (tertiary/aromatic N) is 2. The Bertz CT molecular complexity index is 785. The Labute approximate surface area is 167 Å². The summed E-state index contributed by atoms with van der Waals surface area (Å²) in [6.07, 6.45) is 7.19. The van der Waals surface area contributed by atoms with Gasteiger partial charge in [-0.3, -0.25) is 9.59 Å². The van der Waals surface area contributed by atoms with E-state index in [4.69, 9.17) is 4.74 Å². The normalized spacial score (nSPS) is 22.3. The number of carbonyl (C=O) groups excluding carboxylic acids is 2. The van der Waals surface area contributed by atoms with E-state index in [-0.39, 0.29) is 24.9 Å². The van der Waals surface area contributed by atoms with Crippen molar-refractivity contribution in [2.75, 3.05) is 13.2 Å². The molecule has 0 spiro atoms. The Kier molecular flexibility index (Phi) is 5.88.